The van der Waals surface area contributed by atoms with Crippen LogP contribution in [0.3, 0.4) is 0 Å². The lowest BCUT2D eigenvalue weighted by molar-refractivity contribution is -0.120. The normalized spacial score (nSPS) is 14.7. The molecule has 1 aliphatic carbocycles. The second kappa shape index (κ2) is 18.0. The summed E-state index contributed by atoms with van der Waals surface area (Å²) in [5.74, 6) is 1.85. The highest BCUT2D eigenvalue weighted by atomic mass is 35.5. The van der Waals surface area contributed by atoms with Crippen LogP contribution in [0.15, 0.2) is 65.8 Å². The number of halogens is 1. The summed E-state index contributed by atoms with van der Waals surface area (Å²) in [6.45, 7) is 9.22. The summed E-state index contributed by atoms with van der Waals surface area (Å²) < 4.78 is 19.2. The van der Waals surface area contributed by atoms with Gasteiger partial charge >= 0.3 is 0 Å². The molecular formula is C43H46ClN5O5S. The molecule has 55 heavy (non-hydrogen) atoms. The minimum Gasteiger partial charge on any atom is -0.379 e. The van der Waals surface area contributed by atoms with Crippen molar-refractivity contribution in [2.45, 2.75) is 71.8 Å². The number of benzene rings is 2. The molecule has 3 aromatic heterocycles. The van der Waals surface area contributed by atoms with Crippen LogP contribution in [-0.4, -0.2) is 76.7 Å². The smallest absolute Gasteiger partial charge is 0.163 e. The number of rotatable bonds is 18. The molecule has 0 unspecified atom stereocenters. The zero-order valence-electron chi connectivity index (χ0n) is 31.6. The van der Waals surface area contributed by atoms with Crippen molar-refractivity contribution in [2.24, 2.45) is 4.99 Å². The van der Waals surface area contributed by atoms with E-state index in [9.17, 15) is 9.59 Å². The molecular weight excluding hydrogens is 734 g/mol. The highest BCUT2D eigenvalue weighted by molar-refractivity contribution is 7.15. The maximum absolute atomic E-state index is 13.3. The van der Waals surface area contributed by atoms with Crippen molar-refractivity contribution in [1.82, 2.24) is 19.7 Å². The van der Waals surface area contributed by atoms with Gasteiger partial charge in [0.25, 0.3) is 0 Å². The zero-order chi connectivity index (χ0) is 38.3. The fourth-order valence-electron chi connectivity index (χ4n) is 7.09. The highest BCUT2D eigenvalue weighted by Gasteiger charge is 2.32. The van der Waals surface area contributed by atoms with Gasteiger partial charge in [-0.1, -0.05) is 48.0 Å². The van der Waals surface area contributed by atoms with Crippen LogP contribution in [0, 0.1) is 20.8 Å². The Morgan fingerprint density at radius 2 is 1.53 bits per heavy atom. The average molecular weight is 780 g/mol. The van der Waals surface area contributed by atoms with Gasteiger partial charge < -0.3 is 14.2 Å². The number of carbonyl (C=O) groups is 2. The predicted molar refractivity (Wildman–Crippen MR) is 215 cm³/mol. The molecule has 0 fully saturated rings. The van der Waals surface area contributed by atoms with Crippen molar-refractivity contribution < 1.29 is 23.8 Å². The summed E-state index contributed by atoms with van der Waals surface area (Å²) in [5, 5.41) is 10.6. The van der Waals surface area contributed by atoms with Crippen molar-refractivity contribution in [3.05, 3.63) is 116 Å². The van der Waals surface area contributed by atoms with Gasteiger partial charge in [-0.2, -0.15) is 0 Å². The summed E-state index contributed by atoms with van der Waals surface area (Å²) >= 11 is 7.92. The van der Waals surface area contributed by atoms with E-state index in [1.807, 2.05) is 37.4 Å². The van der Waals surface area contributed by atoms with Gasteiger partial charge in [0.15, 0.2) is 5.82 Å². The Bertz CT molecular complexity index is 2180. The van der Waals surface area contributed by atoms with Crippen molar-refractivity contribution in [2.75, 3.05) is 39.6 Å². The van der Waals surface area contributed by atoms with Gasteiger partial charge in [0.05, 0.1) is 32.1 Å². The summed E-state index contributed by atoms with van der Waals surface area (Å²) in [4.78, 5) is 36.1. The molecule has 12 heteroatoms. The predicted octanol–water partition coefficient (Wildman–Crippen LogP) is 7.95. The molecule has 0 saturated carbocycles. The maximum atomic E-state index is 13.3. The number of aliphatic imine (C=N–C) groups is 1. The zero-order valence-corrected chi connectivity index (χ0v) is 33.2. The lowest BCUT2D eigenvalue weighted by Gasteiger charge is -2.12. The molecule has 1 atom stereocenters. The van der Waals surface area contributed by atoms with Crippen LogP contribution in [0.25, 0.3) is 16.1 Å². The molecule has 0 saturated heterocycles. The van der Waals surface area contributed by atoms with Crippen LogP contribution >= 0.6 is 22.9 Å². The van der Waals surface area contributed by atoms with Crippen molar-refractivity contribution in [1.29, 1.82) is 0 Å². The van der Waals surface area contributed by atoms with Crippen LogP contribution in [0.1, 0.15) is 81.8 Å². The first kappa shape index (κ1) is 38.9. The lowest BCUT2D eigenvalue weighted by Crippen LogP contribution is -2.13. The number of aryl methyl sites for hydroxylation is 3. The molecule has 0 amide bonds. The highest BCUT2D eigenvalue weighted by Crippen LogP contribution is 2.40. The Morgan fingerprint density at radius 1 is 0.836 bits per heavy atom. The first-order valence-corrected chi connectivity index (χ1v) is 20.1. The summed E-state index contributed by atoms with van der Waals surface area (Å²) in [6, 6.07) is 17.6. The topological polar surface area (TPSA) is 118 Å². The molecule has 286 valence electrons. The number of pyridine rings is 1. The van der Waals surface area contributed by atoms with Gasteiger partial charge in [0.1, 0.15) is 28.4 Å². The second-order valence-electron chi connectivity index (χ2n) is 14.1. The molecule has 2 aliphatic rings. The molecule has 7 rings (SSSR count). The number of hydrogen-bond acceptors (Lipinski definition) is 10. The van der Waals surface area contributed by atoms with Gasteiger partial charge in [-0.25, -0.2) is 0 Å². The maximum Gasteiger partial charge on any atom is 0.163 e. The third-order valence-corrected chi connectivity index (χ3v) is 11.6. The van der Waals surface area contributed by atoms with Crippen LogP contribution < -0.4 is 0 Å². The van der Waals surface area contributed by atoms with Crippen LogP contribution in [0.4, 0.5) is 0 Å². The van der Waals surface area contributed by atoms with E-state index in [0.29, 0.717) is 76.2 Å². The summed E-state index contributed by atoms with van der Waals surface area (Å²) in [7, 11) is 0. The number of ether oxygens (including phenoxy) is 3. The number of Topliss-reactive ketones (excluding diaryl/α,β-unsaturated/α-hetero) is 2. The van der Waals surface area contributed by atoms with Gasteiger partial charge in [0.2, 0.25) is 0 Å². The standard InChI is InChI=1S/C43H46ClN5O5S/c1-27-28(2)55-43-40(27)41(30-10-13-35(44)14-11-30)46-39(42-48-47-29(3)49(42)43)25-37(50)7-5-17-53-19-21-54-20-18-52-16-4-6-36-15-12-33(26-45-36)31-8-9-32-23-38(51)24-34(32)22-31/h8-15,22,26,39H,4-7,16-21,23-25H2,1-3H3/t39-/m0/s1. The van der Waals surface area contributed by atoms with E-state index in [1.54, 1.807) is 11.3 Å². The molecule has 0 bridgehead atoms. The van der Waals surface area contributed by atoms with Crippen LogP contribution in [-0.2, 0) is 43.1 Å². The van der Waals surface area contributed by atoms with Gasteiger partial charge in [-0.3, -0.25) is 24.1 Å². The van der Waals surface area contributed by atoms with E-state index < -0.39 is 6.04 Å². The lowest BCUT2D eigenvalue weighted by atomic mass is 9.99. The number of carbonyl (C=O) groups excluding carboxylic acids is 2. The third-order valence-electron chi connectivity index (χ3n) is 10.1. The van der Waals surface area contributed by atoms with Gasteiger partial charge in [-0.05, 0) is 80.5 Å². The molecule has 10 nitrogen and oxygen atoms in total. The van der Waals surface area contributed by atoms with E-state index in [0.717, 1.165) is 74.0 Å². The molecule has 2 aromatic carbocycles. The molecule has 0 radical (unpaired) electrons. The van der Waals surface area contributed by atoms with E-state index in [2.05, 4.69) is 63.9 Å². The van der Waals surface area contributed by atoms with Gasteiger partial charge in [0, 0.05) is 77.4 Å². The number of fused-ring (bicyclic) bond motifs is 4. The fourth-order valence-corrected chi connectivity index (χ4v) is 8.43. The minimum atomic E-state index is -0.463. The van der Waals surface area contributed by atoms with E-state index in [4.69, 9.17) is 30.8 Å². The van der Waals surface area contributed by atoms with Gasteiger partial charge in [-0.15, -0.1) is 21.5 Å². The third kappa shape index (κ3) is 9.36. The first-order chi connectivity index (χ1) is 26.7. The van der Waals surface area contributed by atoms with E-state index in [-0.39, 0.29) is 18.0 Å². The number of ketones is 2. The molecule has 4 heterocycles. The average Bonchev–Trinajstić information content (AvgIpc) is 3.82. The molecule has 0 N–H and O–H groups in total. The van der Waals surface area contributed by atoms with E-state index >= 15 is 0 Å². The van der Waals surface area contributed by atoms with Crippen molar-refractivity contribution >= 4 is 40.2 Å². The van der Waals surface area contributed by atoms with Crippen molar-refractivity contribution in [3.8, 4) is 16.1 Å². The van der Waals surface area contributed by atoms with E-state index in [1.165, 1.54) is 4.88 Å². The first-order valence-electron chi connectivity index (χ1n) is 18.9. The second-order valence-corrected chi connectivity index (χ2v) is 15.7. The largest absolute Gasteiger partial charge is 0.379 e. The Balaban J connectivity index is 0.779. The quantitative estimate of drug-likeness (QED) is 0.0823. The van der Waals surface area contributed by atoms with Crippen LogP contribution in [0.2, 0.25) is 5.02 Å². The number of aromatic nitrogens is 4. The van der Waals surface area contributed by atoms with Crippen LogP contribution in [0.5, 0.6) is 0 Å². The Hall–Kier alpha value is -4.39. The Kier molecular flexibility index (Phi) is 12.7. The number of thiophene rings is 1. The Labute approximate surface area is 330 Å². The number of nitrogens with zero attached hydrogens (tertiary/aromatic N) is 5. The summed E-state index contributed by atoms with van der Waals surface area (Å²) in [5.41, 5.74) is 9.48. The minimum absolute atomic E-state index is 0.105. The van der Waals surface area contributed by atoms with Crippen molar-refractivity contribution in [3.63, 3.8) is 0 Å². The number of hydrogen-bond donors (Lipinski definition) is 0. The summed E-state index contributed by atoms with van der Waals surface area (Å²) in [6.07, 6.45) is 5.95. The molecule has 5 aromatic rings. The Morgan fingerprint density at radius 3 is 2.27 bits per heavy atom. The SMILES string of the molecule is Cc1sc2c(c1C)C(c1ccc(Cl)cc1)=N[C@@H](CC(=O)CCCOCCOCCOCCCc1ccc(-c3ccc4c(c3)CC(=O)C4)cn1)c1nnc(C)n1-2. The molecule has 0 spiro atoms. The monoisotopic (exact) mass is 779 g/mol. The molecule has 1 aliphatic heterocycles. The fraction of sp³-hybridized carbons (Fsp3) is 0.395.